The number of benzene rings is 2. The van der Waals surface area contributed by atoms with Gasteiger partial charge in [-0.1, -0.05) is 41.9 Å². The summed E-state index contributed by atoms with van der Waals surface area (Å²) >= 11 is 6.32. The third-order valence-corrected chi connectivity index (χ3v) is 3.90. The molecule has 0 aliphatic heterocycles. The van der Waals surface area contributed by atoms with E-state index in [1.807, 2.05) is 24.3 Å². The molecule has 0 saturated carbocycles. The van der Waals surface area contributed by atoms with E-state index in [1.54, 1.807) is 12.1 Å². The minimum atomic E-state index is -0.718. The zero-order valence-corrected chi connectivity index (χ0v) is 14.5. The predicted molar refractivity (Wildman–Crippen MR) is 98.4 cm³/mol. The van der Waals surface area contributed by atoms with Gasteiger partial charge in [-0.2, -0.15) is 0 Å². The van der Waals surface area contributed by atoms with E-state index in [2.05, 4.69) is 29.7 Å². The van der Waals surface area contributed by atoms with Crippen LogP contribution in [0, 0.1) is 0 Å². The summed E-state index contributed by atoms with van der Waals surface area (Å²) in [4.78, 5) is 11.9. The topological polar surface area (TPSA) is 76.4 Å². The molecule has 0 aromatic heterocycles. The molecular formula is C18H22ClN3O2. The van der Waals surface area contributed by atoms with Gasteiger partial charge in [0, 0.05) is 18.8 Å². The van der Waals surface area contributed by atoms with Crippen molar-refractivity contribution < 1.29 is 9.53 Å². The highest BCUT2D eigenvalue weighted by Crippen LogP contribution is 2.29. The van der Waals surface area contributed by atoms with Crippen LogP contribution >= 0.6 is 11.6 Å². The Bertz CT molecular complexity index is 679. The Kier molecular flexibility index (Phi) is 6.61. The molecule has 0 fully saturated rings. The maximum Gasteiger partial charge on any atom is 0.243 e. The number of halogens is 1. The maximum atomic E-state index is 11.9. The van der Waals surface area contributed by atoms with Crippen molar-refractivity contribution in [2.45, 2.75) is 19.0 Å². The normalized spacial score (nSPS) is 13.2. The highest BCUT2D eigenvalue weighted by atomic mass is 35.5. The van der Waals surface area contributed by atoms with Crippen molar-refractivity contribution in [3.63, 3.8) is 0 Å². The van der Waals surface area contributed by atoms with E-state index in [4.69, 9.17) is 22.1 Å². The summed E-state index contributed by atoms with van der Waals surface area (Å²) < 4.78 is 4.87. The van der Waals surface area contributed by atoms with Crippen LogP contribution in [0.4, 0.5) is 11.4 Å². The second-order valence-electron chi connectivity index (χ2n) is 5.52. The van der Waals surface area contributed by atoms with Crippen LogP contribution in [0.25, 0.3) is 0 Å². The van der Waals surface area contributed by atoms with Crippen LogP contribution in [0.3, 0.4) is 0 Å². The van der Waals surface area contributed by atoms with Gasteiger partial charge < -0.3 is 21.1 Å². The van der Waals surface area contributed by atoms with Crippen molar-refractivity contribution in [2.75, 3.05) is 24.4 Å². The first kappa shape index (κ1) is 18.3. The summed E-state index contributed by atoms with van der Waals surface area (Å²) in [6.07, 6.45) is 0. The second-order valence-corrected chi connectivity index (χ2v) is 5.93. The minimum Gasteiger partial charge on any atom is -0.383 e. The number of rotatable bonds is 7. The lowest BCUT2D eigenvalue weighted by Gasteiger charge is -2.18. The molecule has 0 aliphatic rings. The molecule has 2 atom stereocenters. The SMILES string of the molecule is COCC(N)C(=O)Nc1ccc(NC(C)c2ccccc2)c(Cl)c1. The van der Waals surface area contributed by atoms with E-state index in [-0.39, 0.29) is 18.6 Å². The van der Waals surface area contributed by atoms with Crippen LogP contribution in [-0.4, -0.2) is 25.7 Å². The smallest absolute Gasteiger partial charge is 0.243 e. The summed E-state index contributed by atoms with van der Waals surface area (Å²) in [5, 5.41) is 6.61. The number of nitrogens with one attached hydrogen (secondary N) is 2. The van der Waals surface area contributed by atoms with Crippen LogP contribution < -0.4 is 16.4 Å². The standard InChI is InChI=1S/C18H22ClN3O2/c1-12(13-6-4-3-5-7-13)21-17-9-8-14(10-15(17)19)22-18(23)16(20)11-24-2/h3-10,12,16,21H,11,20H2,1-2H3,(H,22,23). The number of nitrogens with two attached hydrogens (primary N) is 1. The third-order valence-electron chi connectivity index (χ3n) is 3.59. The lowest BCUT2D eigenvalue weighted by molar-refractivity contribution is -0.118. The molecule has 2 aromatic rings. The largest absolute Gasteiger partial charge is 0.383 e. The Balaban J connectivity index is 2.03. The Morgan fingerprint density at radius 2 is 1.96 bits per heavy atom. The van der Waals surface area contributed by atoms with Crippen LogP contribution in [0.1, 0.15) is 18.5 Å². The molecule has 0 aliphatic carbocycles. The molecule has 0 heterocycles. The molecule has 0 radical (unpaired) electrons. The van der Waals surface area contributed by atoms with E-state index in [0.29, 0.717) is 10.7 Å². The number of anilines is 2. The summed E-state index contributed by atoms with van der Waals surface area (Å²) in [7, 11) is 1.50. The maximum absolute atomic E-state index is 11.9. The van der Waals surface area contributed by atoms with Crippen molar-refractivity contribution in [1.82, 2.24) is 0 Å². The van der Waals surface area contributed by atoms with Crippen molar-refractivity contribution in [3.05, 3.63) is 59.1 Å². The molecule has 4 N–H and O–H groups in total. The molecule has 2 aromatic carbocycles. The van der Waals surface area contributed by atoms with Crippen molar-refractivity contribution in [1.29, 1.82) is 0 Å². The number of carbonyl (C=O) groups excluding carboxylic acids is 1. The zero-order chi connectivity index (χ0) is 17.5. The molecule has 24 heavy (non-hydrogen) atoms. The van der Waals surface area contributed by atoms with E-state index in [1.165, 1.54) is 7.11 Å². The van der Waals surface area contributed by atoms with Crippen LogP contribution in [0.5, 0.6) is 0 Å². The fourth-order valence-corrected chi connectivity index (χ4v) is 2.49. The number of amides is 1. The number of methoxy groups -OCH3 is 1. The molecule has 0 bridgehead atoms. The summed E-state index contributed by atoms with van der Waals surface area (Å²) in [6.45, 7) is 2.22. The van der Waals surface area contributed by atoms with Crippen LogP contribution in [0.2, 0.25) is 5.02 Å². The molecule has 2 rings (SSSR count). The van der Waals surface area contributed by atoms with Crippen LogP contribution in [-0.2, 0) is 9.53 Å². The van der Waals surface area contributed by atoms with Gasteiger partial charge in [-0.05, 0) is 30.7 Å². The molecule has 0 spiro atoms. The van der Waals surface area contributed by atoms with Gasteiger partial charge >= 0.3 is 0 Å². The monoisotopic (exact) mass is 347 g/mol. The van der Waals surface area contributed by atoms with Crippen molar-refractivity contribution in [2.24, 2.45) is 5.73 Å². The molecule has 1 amide bonds. The van der Waals surface area contributed by atoms with Crippen molar-refractivity contribution in [3.8, 4) is 0 Å². The first-order valence-electron chi connectivity index (χ1n) is 7.67. The molecule has 0 saturated heterocycles. The van der Waals surface area contributed by atoms with E-state index < -0.39 is 6.04 Å². The van der Waals surface area contributed by atoms with E-state index in [0.717, 1.165) is 11.3 Å². The summed E-state index contributed by atoms with van der Waals surface area (Å²) in [5.74, 6) is -0.314. The average molecular weight is 348 g/mol. The Morgan fingerprint density at radius 1 is 1.25 bits per heavy atom. The fraction of sp³-hybridized carbons (Fsp3) is 0.278. The van der Waals surface area contributed by atoms with Gasteiger partial charge in [-0.3, -0.25) is 4.79 Å². The lowest BCUT2D eigenvalue weighted by Crippen LogP contribution is -2.39. The summed E-state index contributed by atoms with van der Waals surface area (Å²) in [6, 6.07) is 14.8. The zero-order valence-electron chi connectivity index (χ0n) is 13.8. The first-order valence-corrected chi connectivity index (χ1v) is 8.05. The lowest BCUT2D eigenvalue weighted by atomic mass is 10.1. The number of ether oxygens (including phenoxy) is 1. The Morgan fingerprint density at radius 3 is 2.58 bits per heavy atom. The third kappa shape index (κ3) is 4.96. The van der Waals surface area contributed by atoms with Gasteiger partial charge in [0.15, 0.2) is 0 Å². The molecular weight excluding hydrogens is 326 g/mol. The van der Waals surface area contributed by atoms with Crippen LogP contribution in [0.15, 0.2) is 48.5 Å². The van der Waals surface area contributed by atoms with Gasteiger partial charge in [0.2, 0.25) is 5.91 Å². The number of hydrogen-bond acceptors (Lipinski definition) is 4. The average Bonchev–Trinajstić information content (AvgIpc) is 2.58. The molecule has 5 nitrogen and oxygen atoms in total. The molecule has 2 unspecified atom stereocenters. The Hall–Kier alpha value is -2.08. The fourth-order valence-electron chi connectivity index (χ4n) is 2.26. The van der Waals surface area contributed by atoms with Gasteiger partial charge in [0.25, 0.3) is 0 Å². The molecule has 6 heteroatoms. The number of carbonyl (C=O) groups is 1. The highest BCUT2D eigenvalue weighted by Gasteiger charge is 2.14. The minimum absolute atomic E-state index is 0.110. The predicted octanol–water partition coefficient (Wildman–Crippen LogP) is 3.43. The van der Waals surface area contributed by atoms with Gasteiger partial charge in [-0.15, -0.1) is 0 Å². The van der Waals surface area contributed by atoms with E-state index in [9.17, 15) is 4.79 Å². The highest BCUT2D eigenvalue weighted by molar-refractivity contribution is 6.33. The van der Waals surface area contributed by atoms with Gasteiger partial charge in [0.05, 0.1) is 17.3 Å². The Labute approximate surface area is 147 Å². The van der Waals surface area contributed by atoms with Gasteiger partial charge in [0.1, 0.15) is 6.04 Å². The van der Waals surface area contributed by atoms with Gasteiger partial charge in [-0.25, -0.2) is 0 Å². The quantitative estimate of drug-likeness (QED) is 0.717. The number of hydrogen-bond donors (Lipinski definition) is 3. The second kappa shape index (κ2) is 8.68. The summed E-state index contributed by atoms with van der Waals surface area (Å²) in [5.41, 5.74) is 8.25. The molecule has 128 valence electrons. The van der Waals surface area contributed by atoms with E-state index >= 15 is 0 Å². The van der Waals surface area contributed by atoms with Crippen molar-refractivity contribution >= 4 is 28.9 Å². The first-order chi connectivity index (χ1) is 11.5.